The van der Waals surface area contributed by atoms with Gasteiger partial charge in [0.2, 0.25) is 0 Å². The number of benzene rings is 2. The summed E-state index contributed by atoms with van der Waals surface area (Å²) in [6.07, 6.45) is 0. The molecule has 0 aromatic heterocycles. The number of amides is 2. The minimum Gasteiger partial charge on any atom is -0.462 e. The molecule has 2 rings (SSSR count). The lowest BCUT2D eigenvalue weighted by atomic mass is 10.2. The highest BCUT2D eigenvalue weighted by Crippen LogP contribution is 2.12. The molecule has 2 N–H and O–H groups in total. The van der Waals surface area contributed by atoms with Gasteiger partial charge in [0.15, 0.2) is 0 Å². The zero-order valence-corrected chi connectivity index (χ0v) is 13.4. The summed E-state index contributed by atoms with van der Waals surface area (Å²) in [6.45, 7) is 2.44. The molecule has 0 radical (unpaired) electrons. The second-order valence-electron chi connectivity index (χ2n) is 4.74. The molecular weight excluding hydrogens is 316 g/mol. The third kappa shape index (κ3) is 5.30. The van der Waals surface area contributed by atoms with Crippen LogP contribution in [0.15, 0.2) is 48.5 Å². The van der Waals surface area contributed by atoms with E-state index in [-0.39, 0.29) is 12.0 Å². The van der Waals surface area contributed by atoms with Crippen LogP contribution in [-0.2, 0) is 11.3 Å². The van der Waals surface area contributed by atoms with Gasteiger partial charge in [0.05, 0.1) is 12.2 Å². The summed E-state index contributed by atoms with van der Waals surface area (Å²) >= 11 is 5.89. The first-order valence-corrected chi connectivity index (χ1v) is 7.52. The predicted octanol–water partition coefficient (Wildman–Crippen LogP) is 3.84. The monoisotopic (exact) mass is 332 g/mol. The van der Waals surface area contributed by atoms with Gasteiger partial charge in [-0.15, -0.1) is 0 Å². The third-order valence-electron chi connectivity index (χ3n) is 3.00. The molecule has 0 saturated carbocycles. The second kappa shape index (κ2) is 8.19. The highest BCUT2D eigenvalue weighted by Gasteiger charge is 2.07. The number of anilines is 1. The first-order valence-electron chi connectivity index (χ1n) is 7.15. The molecule has 6 heteroatoms. The van der Waals surface area contributed by atoms with Gasteiger partial charge < -0.3 is 15.4 Å². The molecule has 0 atom stereocenters. The van der Waals surface area contributed by atoms with E-state index in [1.165, 1.54) is 0 Å². The lowest BCUT2D eigenvalue weighted by Crippen LogP contribution is -2.28. The Morgan fingerprint density at radius 1 is 1.13 bits per heavy atom. The van der Waals surface area contributed by atoms with Gasteiger partial charge in [-0.2, -0.15) is 0 Å². The van der Waals surface area contributed by atoms with Crippen LogP contribution in [-0.4, -0.2) is 18.6 Å². The molecule has 0 aliphatic heterocycles. The van der Waals surface area contributed by atoms with Crippen LogP contribution in [0.5, 0.6) is 0 Å². The Morgan fingerprint density at radius 2 is 1.87 bits per heavy atom. The van der Waals surface area contributed by atoms with Crippen LogP contribution in [0.3, 0.4) is 0 Å². The first-order chi connectivity index (χ1) is 11.1. The maximum Gasteiger partial charge on any atom is 0.338 e. The second-order valence-corrected chi connectivity index (χ2v) is 5.17. The lowest BCUT2D eigenvalue weighted by Gasteiger charge is -2.08. The van der Waals surface area contributed by atoms with E-state index in [9.17, 15) is 9.59 Å². The SMILES string of the molecule is CCOC(=O)c1ccc(NC(=O)NCc2cccc(Cl)c2)cc1. The van der Waals surface area contributed by atoms with E-state index in [2.05, 4.69) is 10.6 Å². The molecule has 23 heavy (non-hydrogen) atoms. The highest BCUT2D eigenvalue weighted by molar-refractivity contribution is 6.30. The highest BCUT2D eigenvalue weighted by atomic mass is 35.5. The minimum atomic E-state index is -0.385. The summed E-state index contributed by atoms with van der Waals surface area (Å²) in [5, 5.41) is 6.05. The number of carbonyl (C=O) groups excluding carboxylic acids is 2. The van der Waals surface area contributed by atoms with Gasteiger partial charge in [-0.3, -0.25) is 0 Å². The third-order valence-corrected chi connectivity index (χ3v) is 3.23. The molecule has 0 aliphatic rings. The molecular formula is C17H17ClN2O3. The topological polar surface area (TPSA) is 67.4 Å². The summed E-state index contributed by atoms with van der Waals surface area (Å²) in [5.41, 5.74) is 1.93. The number of halogens is 1. The quantitative estimate of drug-likeness (QED) is 0.817. The minimum absolute atomic E-state index is 0.324. The first kappa shape index (κ1) is 16.8. The van der Waals surface area contributed by atoms with Gasteiger partial charge in [-0.1, -0.05) is 23.7 Å². The summed E-state index contributed by atoms with van der Waals surface area (Å²) in [6, 6.07) is 13.4. The summed E-state index contributed by atoms with van der Waals surface area (Å²) in [5.74, 6) is -0.385. The van der Waals surface area contributed by atoms with Gasteiger partial charge in [-0.05, 0) is 48.9 Å². The zero-order valence-electron chi connectivity index (χ0n) is 12.6. The average Bonchev–Trinajstić information content (AvgIpc) is 2.54. The largest absolute Gasteiger partial charge is 0.462 e. The molecule has 0 fully saturated rings. The Labute approximate surface area is 139 Å². The van der Waals surface area contributed by atoms with Crippen molar-refractivity contribution in [1.82, 2.24) is 5.32 Å². The number of nitrogens with one attached hydrogen (secondary N) is 2. The van der Waals surface area contributed by atoms with Gasteiger partial charge >= 0.3 is 12.0 Å². The van der Waals surface area contributed by atoms with Crippen LogP contribution in [0.25, 0.3) is 0 Å². The number of hydrogen-bond donors (Lipinski definition) is 2. The molecule has 120 valence electrons. The molecule has 2 aromatic rings. The molecule has 0 unspecified atom stereocenters. The summed E-state index contributed by atoms with van der Waals surface area (Å²) < 4.78 is 4.90. The van der Waals surface area contributed by atoms with Crippen molar-refractivity contribution in [3.63, 3.8) is 0 Å². The average molecular weight is 333 g/mol. The normalized spacial score (nSPS) is 10.0. The zero-order chi connectivity index (χ0) is 16.7. The van der Waals surface area contributed by atoms with E-state index in [4.69, 9.17) is 16.3 Å². The van der Waals surface area contributed by atoms with Crippen molar-refractivity contribution in [2.45, 2.75) is 13.5 Å². The summed E-state index contributed by atoms with van der Waals surface area (Å²) in [4.78, 5) is 23.4. The molecule has 0 aliphatic carbocycles. The Morgan fingerprint density at radius 3 is 2.52 bits per heavy atom. The molecule has 0 heterocycles. The van der Waals surface area contributed by atoms with Gasteiger partial charge in [-0.25, -0.2) is 9.59 Å². The molecule has 5 nitrogen and oxygen atoms in total. The van der Waals surface area contributed by atoms with E-state index in [1.54, 1.807) is 43.3 Å². The molecule has 2 aromatic carbocycles. The van der Waals surface area contributed by atoms with Crippen LogP contribution >= 0.6 is 11.6 Å². The van der Waals surface area contributed by atoms with Crippen LogP contribution in [0.4, 0.5) is 10.5 Å². The van der Waals surface area contributed by atoms with Crippen molar-refractivity contribution < 1.29 is 14.3 Å². The van der Waals surface area contributed by atoms with Gasteiger partial charge in [0.1, 0.15) is 0 Å². The molecule has 0 bridgehead atoms. The number of hydrogen-bond acceptors (Lipinski definition) is 3. The number of ether oxygens (including phenoxy) is 1. The van der Waals surface area contributed by atoms with Gasteiger partial charge in [0.25, 0.3) is 0 Å². The van der Waals surface area contributed by atoms with Crippen molar-refractivity contribution in [2.24, 2.45) is 0 Å². The fraction of sp³-hybridized carbons (Fsp3) is 0.176. The lowest BCUT2D eigenvalue weighted by molar-refractivity contribution is 0.0526. The number of carbonyl (C=O) groups is 2. The Balaban J connectivity index is 1.86. The number of esters is 1. The molecule has 0 spiro atoms. The maximum atomic E-state index is 11.8. The van der Waals surface area contributed by atoms with Crippen LogP contribution < -0.4 is 10.6 Å². The van der Waals surface area contributed by atoms with Crippen molar-refractivity contribution in [2.75, 3.05) is 11.9 Å². The standard InChI is InChI=1S/C17H17ClN2O3/c1-2-23-16(21)13-6-8-15(9-7-13)20-17(22)19-11-12-4-3-5-14(18)10-12/h3-10H,2,11H2,1H3,(H2,19,20,22). The van der Waals surface area contributed by atoms with Crippen LogP contribution in [0.1, 0.15) is 22.8 Å². The van der Waals surface area contributed by atoms with Crippen molar-refractivity contribution in [3.8, 4) is 0 Å². The van der Waals surface area contributed by atoms with E-state index < -0.39 is 0 Å². The van der Waals surface area contributed by atoms with Crippen molar-refractivity contribution in [1.29, 1.82) is 0 Å². The maximum absolute atomic E-state index is 11.8. The Kier molecular flexibility index (Phi) is 6.00. The van der Waals surface area contributed by atoms with Crippen LogP contribution in [0, 0.1) is 0 Å². The molecule has 2 amide bonds. The fourth-order valence-electron chi connectivity index (χ4n) is 1.91. The molecule has 0 saturated heterocycles. The van der Waals surface area contributed by atoms with Crippen molar-refractivity contribution >= 4 is 29.3 Å². The van der Waals surface area contributed by atoms with E-state index in [1.807, 2.05) is 12.1 Å². The van der Waals surface area contributed by atoms with Crippen LogP contribution in [0.2, 0.25) is 5.02 Å². The van der Waals surface area contributed by atoms with E-state index in [0.29, 0.717) is 29.4 Å². The van der Waals surface area contributed by atoms with E-state index in [0.717, 1.165) is 5.56 Å². The van der Waals surface area contributed by atoms with Gasteiger partial charge in [0, 0.05) is 17.3 Å². The predicted molar refractivity (Wildman–Crippen MR) is 89.7 cm³/mol. The van der Waals surface area contributed by atoms with E-state index >= 15 is 0 Å². The summed E-state index contributed by atoms with van der Waals surface area (Å²) in [7, 11) is 0. The number of urea groups is 1. The Hall–Kier alpha value is -2.53. The fourth-order valence-corrected chi connectivity index (χ4v) is 2.12. The number of rotatable bonds is 5. The Bertz CT molecular complexity index is 686. The van der Waals surface area contributed by atoms with Crippen molar-refractivity contribution in [3.05, 3.63) is 64.7 Å². The smallest absolute Gasteiger partial charge is 0.338 e.